The van der Waals surface area contributed by atoms with Crippen LogP contribution in [0.2, 0.25) is 5.02 Å². The van der Waals surface area contributed by atoms with Gasteiger partial charge in [0, 0.05) is 8.59 Å². The lowest BCUT2D eigenvalue weighted by atomic mass is 10.0. The molecular formula is C14H10BrClFI. The molecule has 2 rings (SSSR count). The summed E-state index contributed by atoms with van der Waals surface area (Å²) in [6.07, 6.45) is 0. The maximum absolute atomic E-state index is 13.4. The first-order valence-corrected chi connectivity index (χ1v) is 7.71. The highest BCUT2D eigenvalue weighted by molar-refractivity contribution is 14.1. The molecule has 0 aliphatic rings. The molecule has 1 unspecified atom stereocenters. The van der Waals surface area contributed by atoms with E-state index >= 15 is 0 Å². The molecular weight excluding hydrogens is 429 g/mol. The van der Waals surface area contributed by atoms with E-state index in [0.29, 0.717) is 10.6 Å². The number of benzene rings is 2. The van der Waals surface area contributed by atoms with Crippen LogP contribution in [0.5, 0.6) is 0 Å². The van der Waals surface area contributed by atoms with Crippen molar-refractivity contribution in [3.05, 3.63) is 67.5 Å². The normalized spacial score (nSPS) is 12.5. The van der Waals surface area contributed by atoms with E-state index in [9.17, 15) is 4.39 Å². The SMILES string of the molecule is Cc1cc(C(Br)c2cccc(I)c2)c(Cl)cc1F. The van der Waals surface area contributed by atoms with Crippen molar-refractivity contribution < 1.29 is 4.39 Å². The Hall–Kier alpha value is -0.130. The van der Waals surface area contributed by atoms with Crippen LogP contribution in [0.25, 0.3) is 0 Å². The van der Waals surface area contributed by atoms with Crippen molar-refractivity contribution in [1.82, 2.24) is 0 Å². The summed E-state index contributed by atoms with van der Waals surface area (Å²) in [6.45, 7) is 1.74. The van der Waals surface area contributed by atoms with E-state index < -0.39 is 0 Å². The summed E-state index contributed by atoms with van der Waals surface area (Å²) < 4.78 is 14.5. The molecule has 0 aliphatic carbocycles. The Balaban J connectivity index is 2.46. The fourth-order valence-corrected chi connectivity index (χ4v) is 3.34. The molecule has 0 nitrogen and oxygen atoms in total. The monoisotopic (exact) mass is 438 g/mol. The average molecular weight is 439 g/mol. The van der Waals surface area contributed by atoms with Crippen molar-refractivity contribution in [3.8, 4) is 0 Å². The fourth-order valence-electron chi connectivity index (χ4n) is 1.72. The molecule has 2 aromatic rings. The van der Waals surface area contributed by atoms with E-state index in [2.05, 4.69) is 44.6 Å². The first-order valence-electron chi connectivity index (χ1n) is 5.34. The van der Waals surface area contributed by atoms with Crippen LogP contribution >= 0.6 is 50.1 Å². The van der Waals surface area contributed by atoms with Crippen LogP contribution in [-0.4, -0.2) is 0 Å². The van der Waals surface area contributed by atoms with Gasteiger partial charge >= 0.3 is 0 Å². The minimum Gasteiger partial charge on any atom is -0.207 e. The molecule has 2 aromatic carbocycles. The lowest BCUT2D eigenvalue weighted by molar-refractivity contribution is 0.618. The van der Waals surface area contributed by atoms with Crippen molar-refractivity contribution in [2.45, 2.75) is 11.8 Å². The molecule has 0 amide bonds. The summed E-state index contributed by atoms with van der Waals surface area (Å²) in [5, 5.41) is 0.443. The summed E-state index contributed by atoms with van der Waals surface area (Å²) in [5.74, 6) is -0.272. The van der Waals surface area contributed by atoms with Crippen LogP contribution in [-0.2, 0) is 0 Å². The number of aryl methyl sites for hydroxylation is 1. The van der Waals surface area contributed by atoms with E-state index in [1.165, 1.54) is 6.07 Å². The zero-order valence-corrected chi connectivity index (χ0v) is 14.1. The minimum atomic E-state index is -0.272. The van der Waals surface area contributed by atoms with Crippen LogP contribution in [0.1, 0.15) is 21.5 Å². The highest BCUT2D eigenvalue weighted by Crippen LogP contribution is 2.36. The van der Waals surface area contributed by atoms with Gasteiger partial charge in [0.15, 0.2) is 0 Å². The zero-order valence-electron chi connectivity index (χ0n) is 9.55. The average Bonchev–Trinajstić information content (AvgIpc) is 2.33. The van der Waals surface area contributed by atoms with E-state index in [1.807, 2.05) is 18.2 Å². The predicted octanol–water partition coefficient (Wildman–Crippen LogP) is 5.88. The van der Waals surface area contributed by atoms with Crippen LogP contribution in [0, 0.1) is 16.3 Å². The van der Waals surface area contributed by atoms with Gasteiger partial charge in [-0.25, -0.2) is 4.39 Å². The molecule has 0 radical (unpaired) electrons. The Morgan fingerprint density at radius 3 is 2.67 bits per heavy atom. The van der Waals surface area contributed by atoms with Gasteiger partial charge in [-0.15, -0.1) is 0 Å². The summed E-state index contributed by atoms with van der Waals surface area (Å²) in [7, 11) is 0. The van der Waals surface area contributed by atoms with Crippen molar-refractivity contribution in [2.75, 3.05) is 0 Å². The second-order valence-corrected chi connectivity index (χ2v) is 6.61. The van der Waals surface area contributed by atoms with Crippen molar-refractivity contribution in [3.63, 3.8) is 0 Å². The van der Waals surface area contributed by atoms with Gasteiger partial charge in [0.05, 0.1) is 4.83 Å². The highest BCUT2D eigenvalue weighted by Gasteiger charge is 2.16. The molecule has 1 atom stereocenters. The molecule has 0 N–H and O–H groups in total. The Kier molecular flexibility index (Phi) is 4.67. The number of hydrogen-bond donors (Lipinski definition) is 0. The number of hydrogen-bond acceptors (Lipinski definition) is 0. The van der Waals surface area contributed by atoms with Crippen LogP contribution in [0.3, 0.4) is 0 Å². The molecule has 0 fully saturated rings. The summed E-state index contributed by atoms with van der Waals surface area (Å²) in [5.41, 5.74) is 2.59. The van der Waals surface area contributed by atoms with E-state index in [1.54, 1.807) is 13.0 Å². The number of rotatable bonds is 2. The maximum Gasteiger partial charge on any atom is 0.127 e. The Morgan fingerprint density at radius 1 is 1.28 bits per heavy atom. The van der Waals surface area contributed by atoms with Crippen molar-refractivity contribution in [1.29, 1.82) is 0 Å². The molecule has 0 aromatic heterocycles. The molecule has 94 valence electrons. The third-order valence-electron chi connectivity index (χ3n) is 2.69. The van der Waals surface area contributed by atoms with Crippen LogP contribution in [0.15, 0.2) is 36.4 Å². The quantitative estimate of drug-likeness (QED) is 0.405. The Morgan fingerprint density at radius 2 is 2.00 bits per heavy atom. The molecule has 0 heterocycles. The first-order chi connectivity index (χ1) is 8.49. The van der Waals surface area contributed by atoms with Crippen LogP contribution < -0.4 is 0 Å². The van der Waals surface area contributed by atoms with Crippen LogP contribution in [0.4, 0.5) is 4.39 Å². The summed E-state index contributed by atoms with van der Waals surface area (Å²) in [6, 6.07) is 11.3. The topological polar surface area (TPSA) is 0 Å². The molecule has 0 saturated carbocycles. The lowest BCUT2D eigenvalue weighted by Gasteiger charge is -2.14. The predicted molar refractivity (Wildman–Crippen MR) is 86.1 cm³/mol. The maximum atomic E-state index is 13.4. The van der Waals surface area contributed by atoms with Gasteiger partial charge in [0.2, 0.25) is 0 Å². The fraction of sp³-hybridized carbons (Fsp3) is 0.143. The Labute approximate surface area is 133 Å². The van der Waals surface area contributed by atoms with Gasteiger partial charge in [0.25, 0.3) is 0 Å². The standard InChI is InChI=1S/C14H10BrClFI/c1-8-5-11(12(16)7-13(8)17)14(15)9-3-2-4-10(18)6-9/h2-7,14H,1H3. The van der Waals surface area contributed by atoms with Gasteiger partial charge in [0.1, 0.15) is 5.82 Å². The van der Waals surface area contributed by atoms with E-state index in [-0.39, 0.29) is 10.6 Å². The van der Waals surface area contributed by atoms with E-state index in [4.69, 9.17) is 11.6 Å². The summed E-state index contributed by atoms with van der Waals surface area (Å²) >= 11 is 12.0. The van der Waals surface area contributed by atoms with Crippen molar-refractivity contribution in [2.24, 2.45) is 0 Å². The smallest absolute Gasteiger partial charge is 0.127 e. The van der Waals surface area contributed by atoms with Crippen molar-refractivity contribution >= 4 is 50.1 Å². The molecule has 0 saturated heterocycles. The number of halogens is 4. The van der Waals surface area contributed by atoms with Gasteiger partial charge < -0.3 is 0 Å². The largest absolute Gasteiger partial charge is 0.207 e. The summed E-state index contributed by atoms with van der Waals surface area (Å²) in [4.78, 5) is -0.0287. The minimum absolute atomic E-state index is 0.0287. The second-order valence-electron chi connectivity index (χ2n) is 4.04. The third-order valence-corrected chi connectivity index (χ3v) is 4.71. The number of alkyl halides is 1. The lowest BCUT2D eigenvalue weighted by Crippen LogP contribution is -1.97. The highest BCUT2D eigenvalue weighted by atomic mass is 127. The van der Waals surface area contributed by atoms with Gasteiger partial charge in [-0.1, -0.05) is 45.7 Å². The van der Waals surface area contributed by atoms with Gasteiger partial charge in [-0.05, 0) is 64.4 Å². The second kappa shape index (κ2) is 5.88. The molecule has 4 heteroatoms. The third kappa shape index (κ3) is 3.06. The Bertz CT molecular complexity index is 586. The molecule has 0 spiro atoms. The molecule has 0 aliphatic heterocycles. The first kappa shape index (κ1) is 14.3. The van der Waals surface area contributed by atoms with E-state index in [0.717, 1.165) is 14.7 Å². The zero-order chi connectivity index (χ0) is 13.3. The molecule has 0 bridgehead atoms. The van der Waals surface area contributed by atoms with Gasteiger partial charge in [-0.2, -0.15) is 0 Å². The van der Waals surface area contributed by atoms with Gasteiger partial charge in [-0.3, -0.25) is 0 Å². The molecule has 18 heavy (non-hydrogen) atoms.